The van der Waals surface area contributed by atoms with Gasteiger partial charge < -0.3 is 9.64 Å². The van der Waals surface area contributed by atoms with Crippen LogP contribution < -0.4 is 0 Å². The maximum Gasteiger partial charge on any atom is 0.159 e. The molecule has 0 unspecified atom stereocenters. The Morgan fingerprint density at radius 2 is 1.84 bits per heavy atom. The van der Waals surface area contributed by atoms with Crippen molar-refractivity contribution >= 4 is 5.57 Å². The fourth-order valence-corrected chi connectivity index (χ4v) is 5.17. The highest BCUT2D eigenvalue weighted by molar-refractivity contribution is 5.76. The van der Waals surface area contributed by atoms with Crippen LogP contribution in [0.5, 0.6) is 0 Å². The number of benzene rings is 1. The first-order valence-corrected chi connectivity index (χ1v) is 13.5. The Labute approximate surface area is 220 Å². The van der Waals surface area contributed by atoms with Crippen molar-refractivity contribution in [1.29, 1.82) is 0 Å². The third kappa shape index (κ3) is 6.53. The monoisotopic (exact) mass is 498 g/mol. The molecule has 1 aromatic carbocycles. The Hall–Kier alpha value is -3.29. The van der Waals surface area contributed by atoms with Crippen LogP contribution in [0.4, 0.5) is 0 Å². The van der Waals surface area contributed by atoms with E-state index in [2.05, 4.69) is 69.9 Å². The van der Waals surface area contributed by atoms with Crippen molar-refractivity contribution in [3.8, 4) is 22.5 Å². The fourth-order valence-electron chi connectivity index (χ4n) is 5.17. The van der Waals surface area contributed by atoms with Crippen LogP contribution in [-0.2, 0) is 4.74 Å². The summed E-state index contributed by atoms with van der Waals surface area (Å²) in [5.74, 6) is 0.717. The highest BCUT2D eigenvalue weighted by Crippen LogP contribution is 2.29. The molecule has 7 heteroatoms. The summed E-state index contributed by atoms with van der Waals surface area (Å²) in [5.41, 5.74) is 5.24. The topological polar surface area (TPSA) is 59.3 Å². The third-order valence-electron chi connectivity index (χ3n) is 7.44. The van der Waals surface area contributed by atoms with Gasteiger partial charge in [-0.1, -0.05) is 50.1 Å². The molecule has 0 bridgehead atoms. The number of ether oxygens (including phenoxy) is 1. The molecular formula is C30H38N6O. The van der Waals surface area contributed by atoms with Gasteiger partial charge in [-0.05, 0) is 30.0 Å². The molecule has 0 N–H and O–H groups in total. The largest absolute Gasteiger partial charge is 0.379 e. The molecule has 0 spiro atoms. The van der Waals surface area contributed by atoms with Gasteiger partial charge in [-0.15, -0.1) is 0 Å². The van der Waals surface area contributed by atoms with E-state index < -0.39 is 0 Å². The van der Waals surface area contributed by atoms with Crippen LogP contribution >= 0.6 is 0 Å². The van der Waals surface area contributed by atoms with Gasteiger partial charge >= 0.3 is 0 Å². The van der Waals surface area contributed by atoms with E-state index in [-0.39, 0.29) is 0 Å². The maximum atomic E-state index is 5.45. The lowest BCUT2D eigenvalue weighted by Gasteiger charge is -2.28. The number of likely N-dealkylation sites (N-methyl/N-ethyl adjacent to an activating group) is 1. The smallest absolute Gasteiger partial charge is 0.159 e. The first kappa shape index (κ1) is 25.4. The van der Waals surface area contributed by atoms with Crippen molar-refractivity contribution in [1.82, 2.24) is 29.5 Å². The SMILES string of the molecule is C=C/C(=C\N(C)CCN1CCOCC1)c1cccc(-c2ncc(-c3cnn(C4CCCCC4)c3)cn2)c1. The molecule has 7 nitrogen and oxygen atoms in total. The molecule has 0 radical (unpaired) electrons. The molecule has 194 valence electrons. The van der Waals surface area contributed by atoms with Gasteiger partial charge in [0.15, 0.2) is 5.82 Å². The van der Waals surface area contributed by atoms with E-state index in [1.807, 2.05) is 24.7 Å². The molecule has 0 atom stereocenters. The molecule has 5 rings (SSSR count). The van der Waals surface area contributed by atoms with Gasteiger partial charge in [0.2, 0.25) is 0 Å². The van der Waals surface area contributed by atoms with Crippen molar-refractivity contribution in [2.24, 2.45) is 0 Å². The predicted molar refractivity (Wildman–Crippen MR) is 149 cm³/mol. The molecule has 1 saturated carbocycles. The second kappa shape index (κ2) is 12.3. The zero-order chi connectivity index (χ0) is 25.5. The van der Waals surface area contributed by atoms with Crippen LogP contribution in [0.15, 0.2) is 67.9 Å². The summed E-state index contributed by atoms with van der Waals surface area (Å²) in [7, 11) is 2.12. The van der Waals surface area contributed by atoms with Crippen molar-refractivity contribution in [3.63, 3.8) is 0 Å². The third-order valence-corrected chi connectivity index (χ3v) is 7.44. The van der Waals surface area contributed by atoms with Crippen molar-refractivity contribution in [2.45, 2.75) is 38.1 Å². The molecule has 3 heterocycles. The zero-order valence-electron chi connectivity index (χ0n) is 21.9. The Balaban J connectivity index is 1.26. The maximum absolute atomic E-state index is 5.45. The second-order valence-electron chi connectivity index (χ2n) is 10.1. The molecule has 37 heavy (non-hydrogen) atoms. The van der Waals surface area contributed by atoms with E-state index in [0.717, 1.165) is 67.2 Å². The molecule has 1 aliphatic carbocycles. The van der Waals surface area contributed by atoms with Gasteiger partial charge in [-0.25, -0.2) is 9.97 Å². The standard InChI is InChI=1S/C30H38N6O/c1-3-24(22-34(2)12-13-35-14-16-37-17-15-35)25-8-7-9-26(18-25)30-31-19-27(20-32-30)28-21-33-36(23-28)29-10-5-4-6-11-29/h3,7-9,18-23,29H,1,4-6,10-17H2,2H3/b24-22+. The quantitative estimate of drug-likeness (QED) is 0.373. The summed E-state index contributed by atoms with van der Waals surface area (Å²) < 4.78 is 7.58. The van der Waals surface area contributed by atoms with E-state index in [9.17, 15) is 0 Å². The van der Waals surface area contributed by atoms with E-state index in [1.54, 1.807) is 0 Å². The fraction of sp³-hybridized carbons (Fsp3) is 0.433. The summed E-state index contributed by atoms with van der Waals surface area (Å²) in [5, 5.41) is 4.63. The minimum Gasteiger partial charge on any atom is -0.379 e. The number of morpholine rings is 1. The Morgan fingerprint density at radius 3 is 2.59 bits per heavy atom. The zero-order valence-corrected chi connectivity index (χ0v) is 21.9. The van der Waals surface area contributed by atoms with Gasteiger partial charge in [0.25, 0.3) is 0 Å². The highest BCUT2D eigenvalue weighted by Gasteiger charge is 2.17. The minimum absolute atomic E-state index is 0.524. The average molecular weight is 499 g/mol. The van der Waals surface area contributed by atoms with Crippen LogP contribution in [0.25, 0.3) is 28.1 Å². The summed E-state index contributed by atoms with van der Waals surface area (Å²) in [6.45, 7) is 9.73. The van der Waals surface area contributed by atoms with Crippen LogP contribution in [0.1, 0.15) is 43.7 Å². The first-order valence-electron chi connectivity index (χ1n) is 13.5. The number of hydrogen-bond acceptors (Lipinski definition) is 6. The highest BCUT2D eigenvalue weighted by atomic mass is 16.5. The predicted octanol–water partition coefficient (Wildman–Crippen LogP) is 5.30. The Kier molecular flexibility index (Phi) is 8.43. The van der Waals surface area contributed by atoms with Crippen molar-refractivity contribution in [3.05, 3.63) is 73.5 Å². The molecule has 0 amide bonds. The van der Waals surface area contributed by atoms with Crippen LogP contribution in [0, 0.1) is 0 Å². The number of allylic oxidation sites excluding steroid dienone is 2. The molecule has 3 aromatic rings. The molecule has 2 aromatic heterocycles. The molecule has 2 fully saturated rings. The van der Waals surface area contributed by atoms with Gasteiger partial charge in [0, 0.05) is 74.7 Å². The lowest BCUT2D eigenvalue weighted by Crippen LogP contribution is -2.39. The Morgan fingerprint density at radius 1 is 1.05 bits per heavy atom. The molecular weight excluding hydrogens is 460 g/mol. The van der Waals surface area contributed by atoms with Gasteiger partial charge in [0.05, 0.1) is 25.5 Å². The van der Waals surface area contributed by atoms with Gasteiger partial charge in [-0.2, -0.15) is 5.10 Å². The molecule has 2 aliphatic rings. The van der Waals surface area contributed by atoms with E-state index in [4.69, 9.17) is 14.7 Å². The average Bonchev–Trinajstić information content (AvgIpc) is 3.47. The van der Waals surface area contributed by atoms with E-state index in [1.165, 1.54) is 32.1 Å². The van der Waals surface area contributed by atoms with Crippen LogP contribution in [-0.4, -0.2) is 76.0 Å². The Bertz CT molecular complexity index is 1190. The number of rotatable bonds is 9. The van der Waals surface area contributed by atoms with E-state index >= 15 is 0 Å². The second-order valence-corrected chi connectivity index (χ2v) is 10.1. The van der Waals surface area contributed by atoms with Crippen molar-refractivity contribution < 1.29 is 4.74 Å². The summed E-state index contributed by atoms with van der Waals surface area (Å²) in [4.78, 5) is 14.1. The molecule has 1 saturated heterocycles. The van der Waals surface area contributed by atoms with Crippen LogP contribution in [0.2, 0.25) is 0 Å². The number of aromatic nitrogens is 4. The number of hydrogen-bond donors (Lipinski definition) is 0. The molecule has 1 aliphatic heterocycles. The minimum atomic E-state index is 0.524. The first-order chi connectivity index (χ1) is 18.2. The van der Waals surface area contributed by atoms with Crippen LogP contribution in [0.3, 0.4) is 0 Å². The van der Waals surface area contributed by atoms with Crippen molar-refractivity contribution in [2.75, 3.05) is 46.4 Å². The van der Waals surface area contributed by atoms with Gasteiger partial charge in [-0.3, -0.25) is 9.58 Å². The summed E-state index contributed by atoms with van der Waals surface area (Å²) in [6, 6.07) is 8.89. The normalized spacial score (nSPS) is 17.6. The number of nitrogens with zero attached hydrogens (tertiary/aromatic N) is 6. The summed E-state index contributed by atoms with van der Waals surface area (Å²) in [6.07, 6.45) is 18.3. The lowest BCUT2D eigenvalue weighted by molar-refractivity contribution is 0.0360. The summed E-state index contributed by atoms with van der Waals surface area (Å²) >= 11 is 0. The van der Waals surface area contributed by atoms with Gasteiger partial charge in [0.1, 0.15) is 0 Å². The van der Waals surface area contributed by atoms with E-state index in [0.29, 0.717) is 11.9 Å². The lowest BCUT2D eigenvalue weighted by atomic mass is 9.96.